The van der Waals surface area contributed by atoms with Crippen LogP contribution >= 0.6 is 0 Å². The highest BCUT2D eigenvalue weighted by Crippen LogP contribution is 2.39. The molecule has 0 bridgehead atoms. The summed E-state index contributed by atoms with van der Waals surface area (Å²) in [6.45, 7) is 2.43. The molecule has 2 aromatic carbocycles. The second kappa shape index (κ2) is 5.66. The van der Waals surface area contributed by atoms with E-state index >= 15 is 0 Å². The second-order valence-electron chi connectivity index (χ2n) is 5.15. The highest BCUT2D eigenvalue weighted by atomic mass is 16.5. The number of carbonyl (C=O) groups is 1. The summed E-state index contributed by atoms with van der Waals surface area (Å²) in [7, 11) is 0. The lowest BCUT2D eigenvalue weighted by Gasteiger charge is -2.35. The first-order chi connectivity index (χ1) is 10.3. The second-order valence-corrected chi connectivity index (χ2v) is 5.15. The van der Waals surface area contributed by atoms with Gasteiger partial charge in [-0.3, -0.25) is 4.79 Å². The van der Waals surface area contributed by atoms with Gasteiger partial charge in [0.25, 0.3) is 0 Å². The van der Waals surface area contributed by atoms with Crippen LogP contribution in [0.2, 0.25) is 0 Å². The summed E-state index contributed by atoms with van der Waals surface area (Å²) in [4.78, 5) is 13.1. The van der Waals surface area contributed by atoms with Crippen molar-refractivity contribution in [3.8, 4) is 0 Å². The van der Waals surface area contributed by atoms with E-state index in [1.54, 1.807) is 0 Å². The number of ketones is 1. The van der Waals surface area contributed by atoms with Crippen molar-refractivity contribution in [2.24, 2.45) is 0 Å². The van der Waals surface area contributed by atoms with Crippen LogP contribution < -0.4 is 0 Å². The number of carbonyl (C=O) groups excluding carboxylic acids is 1. The molecule has 0 aromatic heterocycles. The highest BCUT2D eigenvalue weighted by molar-refractivity contribution is 6.04. The molecule has 3 rings (SSSR count). The molecule has 1 atom stereocenters. The van der Waals surface area contributed by atoms with E-state index in [1.165, 1.54) is 0 Å². The Bertz CT molecular complexity index is 673. The van der Waals surface area contributed by atoms with Crippen LogP contribution in [0.15, 0.2) is 60.7 Å². The molecule has 1 aliphatic carbocycles. The molecule has 2 heteroatoms. The Morgan fingerprint density at radius 3 is 2.57 bits per heavy atom. The average Bonchev–Trinajstić information content (AvgIpc) is 2.55. The summed E-state index contributed by atoms with van der Waals surface area (Å²) in [6.07, 6.45) is 4.66. The summed E-state index contributed by atoms with van der Waals surface area (Å²) in [6, 6.07) is 17.4. The first kappa shape index (κ1) is 13.8. The molecule has 0 amide bonds. The third kappa shape index (κ3) is 2.32. The fourth-order valence-electron chi connectivity index (χ4n) is 2.96. The molecule has 2 aromatic rings. The van der Waals surface area contributed by atoms with Gasteiger partial charge in [-0.1, -0.05) is 66.7 Å². The monoisotopic (exact) mass is 278 g/mol. The van der Waals surface area contributed by atoms with Crippen LogP contribution in [0, 0.1) is 0 Å². The molecule has 0 spiro atoms. The van der Waals surface area contributed by atoms with Gasteiger partial charge in [0.15, 0.2) is 11.4 Å². The van der Waals surface area contributed by atoms with Crippen LogP contribution in [-0.4, -0.2) is 12.4 Å². The molecule has 0 fully saturated rings. The molecule has 0 saturated carbocycles. The molecule has 0 heterocycles. The van der Waals surface area contributed by atoms with Crippen LogP contribution in [0.3, 0.4) is 0 Å². The van der Waals surface area contributed by atoms with Crippen molar-refractivity contribution in [2.75, 3.05) is 6.61 Å². The van der Waals surface area contributed by atoms with Gasteiger partial charge >= 0.3 is 0 Å². The first-order valence-corrected chi connectivity index (χ1v) is 7.28. The van der Waals surface area contributed by atoms with Crippen molar-refractivity contribution in [3.63, 3.8) is 0 Å². The van der Waals surface area contributed by atoms with Crippen LogP contribution in [0.5, 0.6) is 0 Å². The minimum absolute atomic E-state index is 0.0294. The smallest absolute Gasteiger partial charge is 0.199 e. The molecule has 0 saturated heterocycles. The number of fused-ring (bicyclic) bond motifs is 1. The van der Waals surface area contributed by atoms with Crippen molar-refractivity contribution in [2.45, 2.75) is 18.9 Å². The lowest BCUT2D eigenvalue weighted by Crippen LogP contribution is -2.40. The topological polar surface area (TPSA) is 26.3 Å². The Balaban J connectivity index is 2.14. The number of rotatable bonds is 4. The zero-order valence-electron chi connectivity index (χ0n) is 12.1. The predicted octanol–water partition coefficient (Wildman–Crippen LogP) is 4.22. The minimum Gasteiger partial charge on any atom is -0.362 e. The number of hydrogen-bond acceptors (Lipinski definition) is 2. The van der Waals surface area contributed by atoms with Crippen LogP contribution in [0.4, 0.5) is 0 Å². The third-order valence-electron chi connectivity index (χ3n) is 3.89. The SMILES string of the molecule is CCOC1(C(=O)c2ccccc2)CC=Cc2ccccc21. The Hall–Kier alpha value is -2.19. The van der Waals surface area contributed by atoms with Crippen molar-refractivity contribution in [1.29, 1.82) is 0 Å². The lowest BCUT2D eigenvalue weighted by molar-refractivity contribution is -0.0232. The number of Topliss-reactive ketones (excluding diaryl/α,β-unsaturated/α-hetero) is 1. The number of hydrogen-bond donors (Lipinski definition) is 0. The van der Waals surface area contributed by atoms with E-state index in [0.717, 1.165) is 11.1 Å². The van der Waals surface area contributed by atoms with Gasteiger partial charge in [0.1, 0.15) is 0 Å². The van der Waals surface area contributed by atoms with Gasteiger partial charge in [-0.2, -0.15) is 0 Å². The predicted molar refractivity (Wildman–Crippen MR) is 84.2 cm³/mol. The average molecular weight is 278 g/mol. The molecule has 106 valence electrons. The van der Waals surface area contributed by atoms with Gasteiger partial charge in [0, 0.05) is 18.6 Å². The molecular weight excluding hydrogens is 260 g/mol. The van der Waals surface area contributed by atoms with Gasteiger partial charge in [0.2, 0.25) is 0 Å². The molecule has 0 aliphatic heterocycles. The van der Waals surface area contributed by atoms with E-state index in [4.69, 9.17) is 4.74 Å². The van der Waals surface area contributed by atoms with Crippen LogP contribution in [0.1, 0.15) is 34.8 Å². The van der Waals surface area contributed by atoms with Gasteiger partial charge in [-0.25, -0.2) is 0 Å². The maximum atomic E-state index is 13.1. The largest absolute Gasteiger partial charge is 0.362 e. The van der Waals surface area contributed by atoms with E-state index in [0.29, 0.717) is 18.6 Å². The van der Waals surface area contributed by atoms with Crippen molar-refractivity contribution in [3.05, 3.63) is 77.4 Å². The zero-order valence-corrected chi connectivity index (χ0v) is 12.1. The maximum Gasteiger partial charge on any atom is 0.199 e. The Morgan fingerprint density at radius 1 is 1.10 bits per heavy atom. The first-order valence-electron chi connectivity index (χ1n) is 7.28. The summed E-state index contributed by atoms with van der Waals surface area (Å²) in [5.74, 6) is 0.0294. The Morgan fingerprint density at radius 2 is 1.81 bits per heavy atom. The summed E-state index contributed by atoms with van der Waals surface area (Å²) < 4.78 is 6.01. The Labute approximate surface area is 125 Å². The number of ether oxygens (including phenoxy) is 1. The summed E-state index contributed by atoms with van der Waals surface area (Å²) in [5, 5.41) is 0. The molecule has 1 aliphatic rings. The molecule has 0 N–H and O–H groups in total. The number of benzene rings is 2. The van der Waals surface area contributed by atoms with E-state index in [-0.39, 0.29) is 5.78 Å². The third-order valence-corrected chi connectivity index (χ3v) is 3.89. The zero-order chi connectivity index (χ0) is 14.7. The Kier molecular flexibility index (Phi) is 3.72. The lowest BCUT2D eigenvalue weighted by atomic mass is 9.77. The van der Waals surface area contributed by atoms with Gasteiger partial charge < -0.3 is 4.74 Å². The normalized spacial score (nSPS) is 20.0. The minimum atomic E-state index is -0.901. The fraction of sp³-hybridized carbons (Fsp3) is 0.211. The van der Waals surface area contributed by atoms with E-state index in [1.807, 2.05) is 67.6 Å². The summed E-state index contributed by atoms with van der Waals surface area (Å²) >= 11 is 0. The van der Waals surface area contributed by atoms with Crippen molar-refractivity contribution < 1.29 is 9.53 Å². The fourth-order valence-corrected chi connectivity index (χ4v) is 2.96. The van der Waals surface area contributed by atoms with Crippen LogP contribution in [0.25, 0.3) is 6.08 Å². The van der Waals surface area contributed by atoms with Gasteiger partial charge in [0.05, 0.1) is 0 Å². The van der Waals surface area contributed by atoms with Crippen LogP contribution in [-0.2, 0) is 10.3 Å². The van der Waals surface area contributed by atoms with E-state index in [9.17, 15) is 4.79 Å². The standard InChI is InChI=1S/C19H18O2/c1-2-21-19(18(20)16-10-4-3-5-11-16)14-8-12-15-9-6-7-13-17(15)19/h3-13H,2,14H2,1H3. The maximum absolute atomic E-state index is 13.1. The molecule has 21 heavy (non-hydrogen) atoms. The van der Waals surface area contributed by atoms with E-state index in [2.05, 4.69) is 6.08 Å². The van der Waals surface area contributed by atoms with Crippen molar-refractivity contribution in [1.82, 2.24) is 0 Å². The summed E-state index contributed by atoms with van der Waals surface area (Å²) in [5.41, 5.74) is 1.81. The molecule has 0 radical (unpaired) electrons. The molecular formula is C19H18O2. The van der Waals surface area contributed by atoms with Crippen molar-refractivity contribution >= 4 is 11.9 Å². The van der Waals surface area contributed by atoms with Gasteiger partial charge in [-0.15, -0.1) is 0 Å². The quantitative estimate of drug-likeness (QED) is 0.783. The molecule has 1 unspecified atom stereocenters. The highest BCUT2D eigenvalue weighted by Gasteiger charge is 2.43. The van der Waals surface area contributed by atoms with E-state index < -0.39 is 5.60 Å². The van der Waals surface area contributed by atoms with Gasteiger partial charge in [-0.05, 0) is 18.1 Å². The molecule has 2 nitrogen and oxygen atoms in total.